The Labute approximate surface area is 173 Å². The summed E-state index contributed by atoms with van der Waals surface area (Å²) in [5, 5.41) is 1.18. The standard InChI is InChI=1S/C22H23BrN2O3/c1-27-20-11-16-6-9-25(14-17(16)12-21(20)28-2)22(26)7-10-24-8-5-15-3-4-18(23)13-19(15)24/h3-5,8,11-13H,6-7,9-10,14H2,1-2H3. The summed E-state index contributed by atoms with van der Waals surface area (Å²) in [6, 6.07) is 12.3. The second-order valence-electron chi connectivity index (χ2n) is 7.00. The Morgan fingerprint density at radius 2 is 1.82 bits per heavy atom. The quantitative estimate of drug-likeness (QED) is 0.588. The summed E-state index contributed by atoms with van der Waals surface area (Å²) in [5.74, 6) is 1.63. The zero-order chi connectivity index (χ0) is 19.7. The van der Waals surface area contributed by atoms with Crippen molar-refractivity contribution in [2.75, 3.05) is 20.8 Å². The van der Waals surface area contributed by atoms with Gasteiger partial charge >= 0.3 is 0 Å². The Hall–Kier alpha value is -2.47. The predicted molar refractivity (Wildman–Crippen MR) is 113 cm³/mol. The van der Waals surface area contributed by atoms with E-state index in [9.17, 15) is 4.79 Å². The van der Waals surface area contributed by atoms with Crippen LogP contribution in [0.1, 0.15) is 17.5 Å². The number of rotatable bonds is 5. The first-order valence-electron chi connectivity index (χ1n) is 9.35. The Bertz CT molecular complexity index is 1030. The maximum Gasteiger partial charge on any atom is 0.224 e. The number of fused-ring (bicyclic) bond motifs is 2. The van der Waals surface area contributed by atoms with Gasteiger partial charge in [-0.1, -0.05) is 22.0 Å². The van der Waals surface area contributed by atoms with E-state index in [1.54, 1.807) is 14.2 Å². The van der Waals surface area contributed by atoms with Crippen LogP contribution in [0.3, 0.4) is 0 Å². The zero-order valence-corrected chi connectivity index (χ0v) is 17.7. The average Bonchev–Trinajstić information content (AvgIpc) is 3.12. The number of hydrogen-bond acceptors (Lipinski definition) is 3. The molecule has 0 spiro atoms. The van der Waals surface area contributed by atoms with Crippen molar-refractivity contribution in [3.63, 3.8) is 0 Å². The molecule has 4 rings (SSSR count). The second kappa shape index (κ2) is 7.87. The summed E-state index contributed by atoms with van der Waals surface area (Å²) in [5.41, 5.74) is 3.50. The molecular formula is C22H23BrN2O3. The van der Waals surface area contributed by atoms with Gasteiger partial charge in [-0.2, -0.15) is 0 Å². The predicted octanol–water partition coefficient (Wildman–Crippen LogP) is 4.40. The number of aryl methyl sites for hydroxylation is 1. The highest BCUT2D eigenvalue weighted by Crippen LogP contribution is 2.33. The van der Waals surface area contributed by atoms with E-state index >= 15 is 0 Å². The van der Waals surface area contributed by atoms with Crippen LogP contribution in [-0.4, -0.2) is 36.1 Å². The summed E-state index contributed by atoms with van der Waals surface area (Å²) in [4.78, 5) is 14.8. The molecular weight excluding hydrogens is 420 g/mol. The van der Waals surface area contributed by atoms with Crippen LogP contribution in [0.15, 0.2) is 47.1 Å². The third-order valence-corrected chi connectivity index (χ3v) is 5.87. The van der Waals surface area contributed by atoms with Gasteiger partial charge in [-0.15, -0.1) is 0 Å². The van der Waals surface area contributed by atoms with Crippen molar-refractivity contribution in [2.24, 2.45) is 0 Å². The lowest BCUT2D eigenvalue weighted by molar-refractivity contribution is -0.132. The molecule has 0 saturated heterocycles. The minimum Gasteiger partial charge on any atom is -0.493 e. The minimum absolute atomic E-state index is 0.178. The van der Waals surface area contributed by atoms with Crippen LogP contribution in [-0.2, 0) is 24.3 Å². The van der Waals surface area contributed by atoms with Gasteiger partial charge in [0.15, 0.2) is 11.5 Å². The van der Waals surface area contributed by atoms with Crippen molar-refractivity contribution in [2.45, 2.75) is 25.9 Å². The van der Waals surface area contributed by atoms with Gasteiger partial charge in [0.25, 0.3) is 0 Å². The first-order valence-corrected chi connectivity index (χ1v) is 10.1. The van der Waals surface area contributed by atoms with Crippen LogP contribution >= 0.6 is 15.9 Å². The van der Waals surface area contributed by atoms with Gasteiger partial charge < -0.3 is 18.9 Å². The molecule has 146 valence electrons. The van der Waals surface area contributed by atoms with E-state index in [-0.39, 0.29) is 5.91 Å². The lowest BCUT2D eigenvalue weighted by Crippen LogP contribution is -2.36. The minimum atomic E-state index is 0.178. The molecule has 0 fully saturated rings. The number of amides is 1. The molecule has 6 heteroatoms. The Morgan fingerprint density at radius 3 is 2.57 bits per heavy atom. The van der Waals surface area contributed by atoms with Gasteiger partial charge in [-0.25, -0.2) is 0 Å². The van der Waals surface area contributed by atoms with Gasteiger partial charge in [-0.05, 0) is 53.3 Å². The molecule has 0 bridgehead atoms. The van der Waals surface area contributed by atoms with Crippen LogP contribution < -0.4 is 9.47 Å². The number of halogens is 1. The van der Waals surface area contributed by atoms with E-state index in [1.165, 1.54) is 10.9 Å². The number of benzene rings is 2. The fourth-order valence-corrected chi connectivity index (χ4v) is 4.17. The monoisotopic (exact) mass is 442 g/mol. The van der Waals surface area contributed by atoms with Crippen molar-refractivity contribution in [1.29, 1.82) is 0 Å². The molecule has 1 amide bonds. The molecule has 0 saturated carbocycles. The topological polar surface area (TPSA) is 43.7 Å². The molecule has 2 aromatic carbocycles. The fraction of sp³-hybridized carbons (Fsp3) is 0.318. The van der Waals surface area contributed by atoms with Crippen molar-refractivity contribution in [3.05, 3.63) is 58.2 Å². The molecule has 0 aliphatic carbocycles. The SMILES string of the molecule is COc1cc2c(cc1OC)CN(C(=O)CCn1ccc3ccc(Br)cc31)CC2. The van der Waals surface area contributed by atoms with Crippen molar-refractivity contribution in [1.82, 2.24) is 9.47 Å². The van der Waals surface area contributed by atoms with E-state index in [0.29, 0.717) is 25.3 Å². The number of ether oxygens (including phenoxy) is 2. The molecule has 0 atom stereocenters. The number of aromatic nitrogens is 1. The molecule has 3 aromatic rings. The number of nitrogens with zero attached hydrogens (tertiary/aromatic N) is 2. The molecule has 28 heavy (non-hydrogen) atoms. The van der Waals surface area contributed by atoms with Crippen LogP contribution in [0.25, 0.3) is 10.9 Å². The van der Waals surface area contributed by atoms with Crippen molar-refractivity contribution in [3.8, 4) is 11.5 Å². The van der Waals surface area contributed by atoms with Crippen LogP contribution in [0.2, 0.25) is 0 Å². The van der Waals surface area contributed by atoms with Gasteiger partial charge in [0, 0.05) is 42.2 Å². The molecule has 0 N–H and O–H groups in total. The van der Waals surface area contributed by atoms with E-state index in [1.807, 2.05) is 29.3 Å². The lowest BCUT2D eigenvalue weighted by atomic mass is 9.98. The van der Waals surface area contributed by atoms with Gasteiger partial charge in [-0.3, -0.25) is 4.79 Å². The third-order valence-electron chi connectivity index (χ3n) is 5.37. The maximum absolute atomic E-state index is 12.8. The molecule has 0 unspecified atom stereocenters. The van der Waals surface area contributed by atoms with Crippen LogP contribution in [0.5, 0.6) is 11.5 Å². The largest absolute Gasteiger partial charge is 0.493 e. The third kappa shape index (κ3) is 3.61. The van der Waals surface area contributed by atoms with E-state index in [2.05, 4.69) is 38.7 Å². The number of methoxy groups -OCH3 is 2. The zero-order valence-electron chi connectivity index (χ0n) is 16.1. The summed E-state index contributed by atoms with van der Waals surface area (Å²) in [6.45, 7) is 2.03. The molecule has 1 aromatic heterocycles. The Kier molecular flexibility index (Phi) is 5.31. The molecule has 1 aliphatic heterocycles. The van der Waals surface area contributed by atoms with E-state index < -0.39 is 0 Å². The van der Waals surface area contributed by atoms with Crippen LogP contribution in [0.4, 0.5) is 0 Å². The summed E-state index contributed by atoms with van der Waals surface area (Å²) >= 11 is 3.52. The van der Waals surface area contributed by atoms with Crippen LogP contribution in [0, 0.1) is 0 Å². The van der Waals surface area contributed by atoms with E-state index in [0.717, 1.165) is 34.3 Å². The summed E-state index contributed by atoms with van der Waals surface area (Å²) in [7, 11) is 3.28. The summed E-state index contributed by atoms with van der Waals surface area (Å²) in [6.07, 6.45) is 3.37. The van der Waals surface area contributed by atoms with Gasteiger partial charge in [0.2, 0.25) is 5.91 Å². The molecule has 2 heterocycles. The Morgan fingerprint density at radius 1 is 1.07 bits per heavy atom. The number of carbonyl (C=O) groups is 1. The summed E-state index contributed by atoms with van der Waals surface area (Å²) < 4.78 is 14.0. The van der Waals surface area contributed by atoms with Crippen molar-refractivity contribution >= 4 is 32.7 Å². The fourth-order valence-electron chi connectivity index (χ4n) is 3.82. The van der Waals surface area contributed by atoms with Crippen molar-refractivity contribution < 1.29 is 14.3 Å². The lowest BCUT2D eigenvalue weighted by Gasteiger charge is -2.30. The first-order chi connectivity index (χ1) is 13.6. The normalized spacial score (nSPS) is 13.5. The first kappa shape index (κ1) is 18.9. The molecule has 5 nitrogen and oxygen atoms in total. The smallest absolute Gasteiger partial charge is 0.224 e. The highest BCUT2D eigenvalue weighted by molar-refractivity contribution is 9.10. The Balaban J connectivity index is 1.45. The van der Waals surface area contributed by atoms with E-state index in [4.69, 9.17) is 9.47 Å². The highest BCUT2D eigenvalue weighted by atomic mass is 79.9. The number of carbonyl (C=O) groups excluding carboxylic acids is 1. The number of hydrogen-bond donors (Lipinski definition) is 0. The second-order valence-corrected chi connectivity index (χ2v) is 7.92. The van der Waals surface area contributed by atoms with Gasteiger partial charge in [0.1, 0.15) is 0 Å². The highest BCUT2D eigenvalue weighted by Gasteiger charge is 2.22. The molecule has 0 radical (unpaired) electrons. The molecule has 1 aliphatic rings. The van der Waals surface area contributed by atoms with Gasteiger partial charge in [0.05, 0.1) is 14.2 Å². The maximum atomic E-state index is 12.8. The average molecular weight is 443 g/mol.